The lowest BCUT2D eigenvalue weighted by atomic mass is 10.0. The second kappa shape index (κ2) is 14.5. The van der Waals surface area contributed by atoms with E-state index in [1.165, 1.54) is 51.4 Å². The summed E-state index contributed by atoms with van der Waals surface area (Å²) in [7, 11) is 0. The molecule has 0 fully saturated rings. The van der Waals surface area contributed by atoms with Gasteiger partial charge in [-0.25, -0.2) is 0 Å². The Labute approximate surface area is 114 Å². The van der Waals surface area contributed by atoms with Gasteiger partial charge in [-0.2, -0.15) is 0 Å². The molecular weight excluding hydrogens is 220 g/mol. The summed E-state index contributed by atoms with van der Waals surface area (Å²) in [6.45, 7) is 5.93. The summed E-state index contributed by atoms with van der Waals surface area (Å²) >= 11 is 0. The van der Waals surface area contributed by atoms with E-state index in [0.717, 1.165) is 32.1 Å². The van der Waals surface area contributed by atoms with Crippen LogP contribution in [0, 0.1) is 0 Å². The molecule has 0 radical (unpaired) electrons. The van der Waals surface area contributed by atoms with Crippen LogP contribution >= 0.6 is 0 Å². The van der Waals surface area contributed by atoms with Crippen LogP contribution in [0.3, 0.4) is 0 Å². The summed E-state index contributed by atoms with van der Waals surface area (Å²) < 4.78 is 0. The largest absolute Gasteiger partial charge is 0.300 e. The van der Waals surface area contributed by atoms with Crippen molar-refractivity contribution in [3.8, 4) is 0 Å². The SMILES string of the molecule is C=CCCCCCCCCC(=O)CCCCCC. The molecule has 0 atom stereocenters. The van der Waals surface area contributed by atoms with Crippen molar-refractivity contribution >= 4 is 5.78 Å². The van der Waals surface area contributed by atoms with E-state index in [1.54, 1.807) is 0 Å². The van der Waals surface area contributed by atoms with Crippen LogP contribution < -0.4 is 0 Å². The highest BCUT2D eigenvalue weighted by atomic mass is 16.1. The molecule has 0 saturated carbocycles. The topological polar surface area (TPSA) is 17.1 Å². The number of allylic oxidation sites excluding steroid dienone is 1. The van der Waals surface area contributed by atoms with Gasteiger partial charge in [-0.05, 0) is 25.7 Å². The Morgan fingerprint density at radius 3 is 1.89 bits per heavy atom. The van der Waals surface area contributed by atoms with Crippen LogP contribution in [0.4, 0.5) is 0 Å². The number of Topliss-reactive ketones (excluding diaryl/α,β-unsaturated/α-hetero) is 1. The number of unbranched alkanes of at least 4 members (excludes halogenated alkanes) is 9. The van der Waals surface area contributed by atoms with Crippen molar-refractivity contribution in [1.29, 1.82) is 0 Å². The maximum Gasteiger partial charge on any atom is 0.132 e. The minimum Gasteiger partial charge on any atom is -0.300 e. The molecule has 0 rings (SSSR count). The van der Waals surface area contributed by atoms with Crippen molar-refractivity contribution in [2.45, 2.75) is 90.4 Å². The van der Waals surface area contributed by atoms with E-state index in [4.69, 9.17) is 0 Å². The monoisotopic (exact) mass is 252 g/mol. The van der Waals surface area contributed by atoms with Gasteiger partial charge in [0.1, 0.15) is 5.78 Å². The minimum atomic E-state index is 0.484. The second-order valence-electron chi connectivity index (χ2n) is 5.30. The molecule has 0 heterocycles. The lowest BCUT2D eigenvalue weighted by Gasteiger charge is -2.02. The molecule has 106 valence electrons. The Kier molecular flexibility index (Phi) is 14.0. The fraction of sp³-hybridized carbons (Fsp3) is 0.824. The molecule has 18 heavy (non-hydrogen) atoms. The van der Waals surface area contributed by atoms with Crippen molar-refractivity contribution in [2.24, 2.45) is 0 Å². The lowest BCUT2D eigenvalue weighted by Crippen LogP contribution is -1.97. The van der Waals surface area contributed by atoms with Gasteiger partial charge in [0.05, 0.1) is 0 Å². The molecule has 0 N–H and O–H groups in total. The highest BCUT2D eigenvalue weighted by Gasteiger charge is 2.01. The second-order valence-corrected chi connectivity index (χ2v) is 5.30. The van der Waals surface area contributed by atoms with Crippen molar-refractivity contribution in [1.82, 2.24) is 0 Å². The molecule has 1 nitrogen and oxygen atoms in total. The number of hydrogen-bond donors (Lipinski definition) is 0. The van der Waals surface area contributed by atoms with E-state index >= 15 is 0 Å². The zero-order chi connectivity index (χ0) is 13.5. The highest BCUT2D eigenvalue weighted by Crippen LogP contribution is 2.11. The number of carbonyl (C=O) groups is 1. The standard InChI is InChI=1S/C17H32O/c1-3-5-7-9-10-11-12-14-16-17(18)15-13-8-6-4-2/h3H,1,4-16H2,2H3. The van der Waals surface area contributed by atoms with Gasteiger partial charge in [-0.1, -0.05) is 57.9 Å². The predicted molar refractivity (Wildman–Crippen MR) is 80.9 cm³/mol. The first kappa shape index (κ1) is 17.4. The summed E-state index contributed by atoms with van der Waals surface area (Å²) in [5, 5.41) is 0. The van der Waals surface area contributed by atoms with Crippen LogP contribution in [0.1, 0.15) is 90.4 Å². The lowest BCUT2D eigenvalue weighted by molar-refractivity contribution is -0.119. The van der Waals surface area contributed by atoms with Gasteiger partial charge in [-0.15, -0.1) is 6.58 Å². The maximum atomic E-state index is 11.6. The van der Waals surface area contributed by atoms with E-state index in [-0.39, 0.29) is 0 Å². The first-order valence-corrected chi connectivity index (χ1v) is 7.93. The van der Waals surface area contributed by atoms with Gasteiger partial charge < -0.3 is 0 Å². The summed E-state index contributed by atoms with van der Waals surface area (Å²) in [4.78, 5) is 11.6. The molecule has 0 unspecified atom stereocenters. The third-order valence-corrected chi connectivity index (χ3v) is 3.42. The van der Waals surface area contributed by atoms with Crippen LogP contribution in [0.2, 0.25) is 0 Å². The van der Waals surface area contributed by atoms with Gasteiger partial charge in [0, 0.05) is 12.8 Å². The van der Waals surface area contributed by atoms with Gasteiger partial charge in [0.2, 0.25) is 0 Å². The molecule has 0 aliphatic heterocycles. The molecule has 0 aromatic carbocycles. The Morgan fingerprint density at radius 1 is 0.833 bits per heavy atom. The first-order chi connectivity index (χ1) is 8.81. The highest BCUT2D eigenvalue weighted by molar-refractivity contribution is 5.78. The quantitative estimate of drug-likeness (QED) is 0.281. The van der Waals surface area contributed by atoms with Crippen LogP contribution in [0.25, 0.3) is 0 Å². The molecular formula is C17H32O. The third-order valence-electron chi connectivity index (χ3n) is 3.42. The minimum absolute atomic E-state index is 0.484. The smallest absolute Gasteiger partial charge is 0.132 e. The van der Waals surface area contributed by atoms with Gasteiger partial charge in [0.15, 0.2) is 0 Å². The molecule has 0 aliphatic carbocycles. The molecule has 0 amide bonds. The van der Waals surface area contributed by atoms with Crippen molar-refractivity contribution in [3.05, 3.63) is 12.7 Å². The van der Waals surface area contributed by atoms with Crippen molar-refractivity contribution in [3.63, 3.8) is 0 Å². The van der Waals surface area contributed by atoms with E-state index in [9.17, 15) is 4.79 Å². The van der Waals surface area contributed by atoms with E-state index in [1.807, 2.05) is 6.08 Å². The summed E-state index contributed by atoms with van der Waals surface area (Å²) in [5.74, 6) is 0.484. The van der Waals surface area contributed by atoms with Crippen molar-refractivity contribution < 1.29 is 4.79 Å². The van der Waals surface area contributed by atoms with E-state index in [0.29, 0.717) is 5.78 Å². The molecule has 0 bridgehead atoms. The number of rotatable bonds is 14. The summed E-state index contributed by atoms with van der Waals surface area (Å²) in [6.07, 6.45) is 17.2. The van der Waals surface area contributed by atoms with Crippen LogP contribution in [-0.4, -0.2) is 5.78 Å². The number of hydrogen-bond acceptors (Lipinski definition) is 1. The molecule has 0 aliphatic rings. The van der Waals surface area contributed by atoms with E-state index < -0.39 is 0 Å². The molecule has 1 heteroatoms. The molecule has 0 spiro atoms. The number of ketones is 1. The Morgan fingerprint density at radius 2 is 1.33 bits per heavy atom. The average Bonchev–Trinajstić information content (AvgIpc) is 2.38. The fourth-order valence-electron chi connectivity index (χ4n) is 2.19. The number of carbonyl (C=O) groups excluding carboxylic acids is 1. The van der Waals surface area contributed by atoms with Crippen LogP contribution in [-0.2, 0) is 4.79 Å². The Bertz CT molecular complexity index is 196. The summed E-state index contributed by atoms with van der Waals surface area (Å²) in [6, 6.07) is 0. The normalized spacial score (nSPS) is 10.5. The van der Waals surface area contributed by atoms with E-state index in [2.05, 4.69) is 13.5 Å². The predicted octanol–water partition coefficient (Wildman–Crippen LogP) is 5.83. The van der Waals surface area contributed by atoms with Gasteiger partial charge in [0.25, 0.3) is 0 Å². The Balaban J connectivity index is 3.12. The fourth-order valence-corrected chi connectivity index (χ4v) is 2.19. The van der Waals surface area contributed by atoms with Gasteiger partial charge >= 0.3 is 0 Å². The third kappa shape index (κ3) is 13.5. The zero-order valence-electron chi connectivity index (χ0n) is 12.4. The first-order valence-electron chi connectivity index (χ1n) is 7.93. The van der Waals surface area contributed by atoms with Crippen LogP contribution in [0.15, 0.2) is 12.7 Å². The molecule has 0 saturated heterocycles. The average molecular weight is 252 g/mol. The maximum absolute atomic E-state index is 11.6. The van der Waals surface area contributed by atoms with Crippen molar-refractivity contribution in [2.75, 3.05) is 0 Å². The van der Waals surface area contributed by atoms with Gasteiger partial charge in [-0.3, -0.25) is 4.79 Å². The van der Waals surface area contributed by atoms with Crippen LogP contribution in [0.5, 0.6) is 0 Å². The zero-order valence-corrected chi connectivity index (χ0v) is 12.4. The molecule has 0 aromatic heterocycles. The molecule has 0 aromatic rings. The Hall–Kier alpha value is -0.590. The summed E-state index contributed by atoms with van der Waals surface area (Å²) in [5.41, 5.74) is 0.